The van der Waals surface area contributed by atoms with Crippen LogP contribution in [0.15, 0.2) is 18.7 Å². The van der Waals surface area contributed by atoms with Gasteiger partial charge >= 0.3 is 0 Å². The van der Waals surface area contributed by atoms with Gasteiger partial charge in [0.2, 0.25) is 0 Å². The highest BCUT2D eigenvalue weighted by molar-refractivity contribution is 5.00. The summed E-state index contributed by atoms with van der Waals surface area (Å²) in [6.07, 6.45) is 4.97. The van der Waals surface area contributed by atoms with E-state index in [2.05, 4.69) is 20.3 Å². The third kappa shape index (κ3) is 2.08. The molecule has 1 aromatic heterocycles. The van der Waals surface area contributed by atoms with Gasteiger partial charge < -0.3 is 4.84 Å². The Labute approximate surface area is 59.2 Å². The topological polar surface area (TPSA) is 47.0 Å². The van der Waals surface area contributed by atoms with Crippen LogP contribution in [0.4, 0.5) is 0 Å². The number of nitrogens with zero attached hydrogens (tertiary/aromatic N) is 2. The predicted octanol–water partition coefficient (Wildman–Crippen LogP) is 0.128. The Hall–Kier alpha value is -1.00. The average molecular weight is 139 g/mol. The van der Waals surface area contributed by atoms with Gasteiger partial charge in [-0.1, -0.05) is 0 Å². The lowest BCUT2D eigenvalue weighted by Crippen LogP contribution is -2.10. The van der Waals surface area contributed by atoms with Crippen LogP contribution in [0.25, 0.3) is 0 Å². The van der Waals surface area contributed by atoms with Crippen molar-refractivity contribution in [3.8, 4) is 0 Å². The Morgan fingerprint density at radius 1 is 1.50 bits per heavy atom. The molecule has 0 spiro atoms. The summed E-state index contributed by atoms with van der Waals surface area (Å²) < 4.78 is 0. The molecule has 0 aliphatic rings. The molecule has 0 amide bonds. The summed E-state index contributed by atoms with van der Waals surface area (Å²) in [5, 5.41) is 0. The molecule has 54 valence electrons. The standard InChI is InChI=1S/C6H9N3O/c1-10-9-4-6-2-7-5-8-3-6/h2-3,5,9H,4H2,1H3. The van der Waals surface area contributed by atoms with E-state index >= 15 is 0 Å². The van der Waals surface area contributed by atoms with E-state index in [4.69, 9.17) is 0 Å². The fourth-order valence-corrected chi connectivity index (χ4v) is 0.577. The Balaban J connectivity index is 2.43. The van der Waals surface area contributed by atoms with Gasteiger partial charge in [-0.25, -0.2) is 9.97 Å². The highest BCUT2D eigenvalue weighted by Gasteiger charge is 1.88. The number of hydrogen-bond acceptors (Lipinski definition) is 4. The summed E-state index contributed by atoms with van der Waals surface area (Å²) in [6, 6.07) is 0. The summed E-state index contributed by atoms with van der Waals surface area (Å²) in [6.45, 7) is 0.636. The van der Waals surface area contributed by atoms with Crippen LogP contribution < -0.4 is 5.48 Å². The second kappa shape index (κ2) is 3.92. The molecular formula is C6H9N3O. The van der Waals surface area contributed by atoms with Gasteiger partial charge in [-0.15, -0.1) is 0 Å². The predicted molar refractivity (Wildman–Crippen MR) is 35.9 cm³/mol. The van der Waals surface area contributed by atoms with Gasteiger partial charge in [-0.3, -0.25) is 0 Å². The maximum atomic E-state index is 4.64. The highest BCUT2D eigenvalue weighted by atomic mass is 16.6. The summed E-state index contributed by atoms with van der Waals surface area (Å²) in [4.78, 5) is 12.3. The molecule has 0 saturated carbocycles. The molecule has 4 nitrogen and oxygen atoms in total. The highest BCUT2D eigenvalue weighted by Crippen LogP contribution is 1.89. The second-order valence-electron chi connectivity index (χ2n) is 1.77. The van der Waals surface area contributed by atoms with Crippen LogP contribution in [0.3, 0.4) is 0 Å². The summed E-state index contributed by atoms with van der Waals surface area (Å²) >= 11 is 0. The van der Waals surface area contributed by atoms with Crippen LogP contribution in [0.1, 0.15) is 5.56 Å². The van der Waals surface area contributed by atoms with E-state index in [0.717, 1.165) is 5.56 Å². The summed E-state index contributed by atoms with van der Waals surface area (Å²) in [7, 11) is 1.57. The number of hydroxylamine groups is 1. The lowest BCUT2D eigenvalue weighted by atomic mass is 10.4. The molecule has 1 N–H and O–H groups in total. The van der Waals surface area contributed by atoms with Crippen LogP contribution in [0.5, 0.6) is 0 Å². The minimum absolute atomic E-state index is 0.636. The van der Waals surface area contributed by atoms with Crippen LogP contribution in [-0.4, -0.2) is 17.1 Å². The van der Waals surface area contributed by atoms with Crippen molar-refractivity contribution in [2.24, 2.45) is 0 Å². The van der Waals surface area contributed by atoms with Crippen LogP contribution >= 0.6 is 0 Å². The molecule has 0 bridgehead atoms. The molecule has 4 heteroatoms. The van der Waals surface area contributed by atoms with E-state index in [0.29, 0.717) is 6.54 Å². The zero-order valence-electron chi connectivity index (χ0n) is 5.74. The number of aromatic nitrogens is 2. The minimum Gasteiger partial charge on any atom is -0.305 e. The van der Waals surface area contributed by atoms with Gasteiger partial charge in [0.25, 0.3) is 0 Å². The Bertz CT molecular complexity index is 178. The maximum absolute atomic E-state index is 4.64. The zero-order chi connectivity index (χ0) is 7.23. The molecule has 0 unspecified atom stereocenters. The van der Waals surface area contributed by atoms with Crippen molar-refractivity contribution in [3.05, 3.63) is 24.3 Å². The first-order chi connectivity index (χ1) is 4.93. The van der Waals surface area contributed by atoms with Crippen LogP contribution in [0, 0.1) is 0 Å². The lowest BCUT2D eigenvalue weighted by molar-refractivity contribution is 0.0866. The van der Waals surface area contributed by atoms with E-state index < -0.39 is 0 Å². The lowest BCUT2D eigenvalue weighted by Gasteiger charge is -1.98. The van der Waals surface area contributed by atoms with Crippen molar-refractivity contribution >= 4 is 0 Å². The largest absolute Gasteiger partial charge is 0.305 e. The molecular weight excluding hydrogens is 130 g/mol. The first kappa shape index (κ1) is 7.11. The molecule has 0 fully saturated rings. The summed E-state index contributed by atoms with van der Waals surface area (Å²) in [5.74, 6) is 0. The van der Waals surface area contributed by atoms with Gasteiger partial charge in [-0.2, -0.15) is 5.48 Å². The van der Waals surface area contributed by atoms with E-state index in [1.807, 2.05) is 0 Å². The van der Waals surface area contributed by atoms with Crippen molar-refractivity contribution in [2.75, 3.05) is 7.11 Å². The van der Waals surface area contributed by atoms with Gasteiger partial charge in [0.15, 0.2) is 0 Å². The van der Waals surface area contributed by atoms with Gasteiger partial charge in [0, 0.05) is 24.5 Å². The van der Waals surface area contributed by atoms with Crippen molar-refractivity contribution in [2.45, 2.75) is 6.54 Å². The smallest absolute Gasteiger partial charge is 0.115 e. The Kier molecular flexibility index (Phi) is 2.79. The van der Waals surface area contributed by atoms with E-state index in [9.17, 15) is 0 Å². The first-order valence-electron chi connectivity index (χ1n) is 2.93. The van der Waals surface area contributed by atoms with Crippen molar-refractivity contribution in [3.63, 3.8) is 0 Å². The minimum atomic E-state index is 0.636. The fourth-order valence-electron chi connectivity index (χ4n) is 0.577. The van der Waals surface area contributed by atoms with Crippen molar-refractivity contribution < 1.29 is 4.84 Å². The Morgan fingerprint density at radius 2 is 2.20 bits per heavy atom. The van der Waals surface area contributed by atoms with Gasteiger partial charge in [0.1, 0.15) is 6.33 Å². The molecule has 1 aromatic rings. The second-order valence-corrected chi connectivity index (χ2v) is 1.77. The third-order valence-corrected chi connectivity index (χ3v) is 1.03. The molecule has 0 aromatic carbocycles. The molecule has 1 rings (SSSR count). The monoisotopic (exact) mass is 139 g/mol. The van der Waals surface area contributed by atoms with E-state index in [1.54, 1.807) is 19.5 Å². The zero-order valence-corrected chi connectivity index (χ0v) is 5.74. The van der Waals surface area contributed by atoms with Gasteiger partial charge in [-0.05, 0) is 0 Å². The number of hydrogen-bond donors (Lipinski definition) is 1. The molecule has 1 heterocycles. The maximum Gasteiger partial charge on any atom is 0.115 e. The van der Waals surface area contributed by atoms with Crippen molar-refractivity contribution in [1.82, 2.24) is 15.4 Å². The summed E-state index contributed by atoms with van der Waals surface area (Å²) in [5.41, 5.74) is 3.69. The molecule has 0 radical (unpaired) electrons. The quantitative estimate of drug-likeness (QED) is 0.604. The first-order valence-corrected chi connectivity index (χ1v) is 2.93. The van der Waals surface area contributed by atoms with Crippen LogP contribution in [-0.2, 0) is 11.4 Å². The van der Waals surface area contributed by atoms with Crippen LogP contribution in [0.2, 0.25) is 0 Å². The number of rotatable bonds is 3. The average Bonchev–Trinajstić information content (AvgIpc) is 2.03. The van der Waals surface area contributed by atoms with Gasteiger partial charge in [0.05, 0.1) is 7.11 Å². The van der Waals surface area contributed by atoms with Crippen molar-refractivity contribution in [1.29, 1.82) is 0 Å². The Morgan fingerprint density at radius 3 is 2.80 bits per heavy atom. The van der Waals surface area contributed by atoms with E-state index in [1.165, 1.54) is 6.33 Å². The molecule has 0 aliphatic heterocycles. The number of nitrogens with one attached hydrogen (secondary N) is 1. The van der Waals surface area contributed by atoms with E-state index in [-0.39, 0.29) is 0 Å². The molecule has 0 atom stereocenters. The normalized spacial score (nSPS) is 9.70. The molecule has 0 saturated heterocycles. The molecule has 10 heavy (non-hydrogen) atoms. The SMILES string of the molecule is CONCc1cncnc1. The molecule has 0 aliphatic carbocycles. The third-order valence-electron chi connectivity index (χ3n) is 1.03. The fraction of sp³-hybridized carbons (Fsp3) is 0.333.